The van der Waals surface area contributed by atoms with Crippen LogP contribution in [0.25, 0.3) is 0 Å². The number of carboxylic acid groups (broad SMARTS) is 1. The lowest BCUT2D eigenvalue weighted by Crippen LogP contribution is -2.56. The number of carbonyl (C=O) groups is 5. The van der Waals surface area contributed by atoms with Crippen molar-refractivity contribution in [2.75, 3.05) is 26.2 Å². The molecule has 1 aliphatic rings. The number of benzene rings is 2. The van der Waals surface area contributed by atoms with Crippen LogP contribution in [0.1, 0.15) is 55.5 Å². The number of rotatable bonds is 16. The Morgan fingerprint density at radius 3 is 2.26 bits per heavy atom. The minimum atomic E-state index is -1.08. The Morgan fingerprint density at radius 1 is 0.930 bits per heavy atom. The molecule has 2 aromatic rings. The van der Waals surface area contributed by atoms with Gasteiger partial charge in [-0.25, -0.2) is 0 Å². The lowest BCUT2D eigenvalue weighted by Gasteiger charge is -2.27. The summed E-state index contributed by atoms with van der Waals surface area (Å²) in [6.07, 6.45) is 2.94. The maximum Gasteiger partial charge on any atom is 0.322 e. The molecule has 1 fully saturated rings. The number of carboxylic acids is 1. The minimum absolute atomic E-state index is 0.0666. The van der Waals surface area contributed by atoms with Crippen molar-refractivity contribution in [1.29, 1.82) is 0 Å². The third-order valence-corrected chi connectivity index (χ3v) is 7.31. The highest BCUT2D eigenvalue weighted by Crippen LogP contribution is 2.18. The summed E-state index contributed by atoms with van der Waals surface area (Å²) in [6, 6.07) is 15.8. The molecule has 43 heavy (non-hydrogen) atoms. The summed E-state index contributed by atoms with van der Waals surface area (Å²) >= 11 is 0. The Morgan fingerprint density at radius 2 is 1.60 bits per heavy atom. The molecule has 0 bridgehead atoms. The van der Waals surface area contributed by atoms with Crippen molar-refractivity contribution in [3.63, 3.8) is 0 Å². The quantitative estimate of drug-likeness (QED) is 0.186. The van der Waals surface area contributed by atoms with Crippen LogP contribution in [0.3, 0.4) is 0 Å². The van der Waals surface area contributed by atoms with Crippen LogP contribution >= 0.6 is 0 Å². The maximum atomic E-state index is 13.3. The number of nitrogens with zero attached hydrogens (tertiary/aromatic N) is 1. The Kier molecular flexibility index (Phi) is 13.2. The van der Waals surface area contributed by atoms with Crippen molar-refractivity contribution in [3.8, 4) is 0 Å². The Labute approximate surface area is 252 Å². The van der Waals surface area contributed by atoms with E-state index in [1.807, 2.05) is 44.2 Å². The number of aryl methyl sites for hydroxylation is 1. The van der Waals surface area contributed by atoms with Gasteiger partial charge < -0.3 is 31.3 Å². The predicted molar refractivity (Wildman–Crippen MR) is 162 cm³/mol. The molecule has 1 saturated heterocycles. The molecule has 0 spiro atoms. The van der Waals surface area contributed by atoms with Crippen LogP contribution in [0.5, 0.6) is 0 Å². The lowest BCUT2D eigenvalue weighted by atomic mass is 10.0. The van der Waals surface area contributed by atoms with E-state index in [1.165, 1.54) is 4.90 Å². The van der Waals surface area contributed by atoms with Gasteiger partial charge >= 0.3 is 5.97 Å². The number of carbonyl (C=O) groups excluding carboxylic acids is 4. The van der Waals surface area contributed by atoms with Crippen LogP contribution in [0.15, 0.2) is 60.7 Å². The number of hydrogen-bond acceptors (Lipinski definition) is 6. The summed E-state index contributed by atoms with van der Waals surface area (Å²) in [5.74, 6) is -2.70. The number of amides is 4. The van der Waals surface area contributed by atoms with Gasteiger partial charge in [-0.3, -0.25) is 24.0 Å². The number of hydrogen-bond donors (Lipinski definition) is 5. The largest absolute Gasteiger partial charge is 0.480 e. The predicted octanol–water partition coefficient (Wildman–Crippen LogP) is 1.73. The zero-order chi connectivity index (χ0) is 31.2. The third kappa shape index (κ3) is 10.8. The monoisotopic (exact) mass is 593 g/mol. The highest BCUT2D eigenvalue weighted by molar-refractivity contribution is 5.97. The molecule has 0 saturated carbocycles. The molecule has 4 amide bonds. The van der Waals surface area contributed by atoms with E-state index < -0.39 is 35.9 Å². The van der Waals surface area contributed by atoms with Crippen LogP contribution in [-0.2, 0) is 25.6 Å². The summed E-state index contributed by atoms with van der Waals surface area (Å²) in [5.41, 5.74) is 1.59. The fourth-order valence-corrected chi connectivity index (χ4v) is 5.04. The SMILES string of the molecule is CC(C)C[C@H](NC(=O)[C@@H]1CCCN1C(=O)CNC(=O)c1ccccc1)C(=O)NC[C@H](NCCCc1ccccc1)C(=O)O. The van der Waals surface area contributed by atoms with Gasteiger partial charge in [0.05, 0.1) is 6.54 Å². The molecule has 11 nitrogen and oxygen atoms in total. The number of nitrogens with one attached hydrogen (secondary N) is 4. The van der Waals surface area contributed by atoms with E-state index in [9.17, 15) is 29.1 Å². The fourth-order valence-electron chi connectivity index (χ4n) is 5.04. The van der Waals surface area contributed by atoms with Gasteiger partial charge in [-0.05, 0) is 62.3 Å². The first-order chi connectivity index (χ1) is 20.7. The number of aliphatic carboxylic acids is 1. The molecule has 0 aromatic heterocycles. The van der Waals surface area contributed by atoms with Gasteiger partial charge in [-0.1, -0.05) is 62.4 Å². The highest BCUT2D eigenvalue weighted by Gasteiger charge is 2.36. The zero-order valence-corrected chi connectivity index (χ0v) is 24.9. The zero-order valence-electron chi connectivity index (χ0n) is 24.9. The van der Waals surface area contributed by atoms with Crippen LogP contribution in [0.2, 0.25) is 0 Å². The van der Waals surface area contributed by atoms with Gasteiger partial charge in [0, 0.05) is 18.7 Å². The summed E-state index contributed by atoms with van der Waals surface area (Å²) < 4.78 is 0. The molecule has 3 rings (SSSR count). The molecular weight excluding hydrogens is 550 g/mol. The molecule has 0 unspecified atom stereocenters. The molecule has 11 heteroatoms. The molecule has 0 aliphatic carbocycles. The van der Waals surface area contributed by atoms with Gasteiger partial charge in [0.1, 0.15) is 18.1 Å². The average molecular weight is 594 g/mol. The van der Waals surface area contributed by atoms with Crippen LogP contribution in [-0.4, -0.2) is 83.9 Å². The molecule has 0 radical (unpaired) electrons. The molecule has 2 aromatic carbocycles. The summed E-state index contributed by atoms with van der Waals surface area (Å²) in [6.45, 7) is 4.28. The Balaban J connectivity index is 1.51. The standard InChI is InChI=1S/C32H43N5O6/c1-22(2)19-25(30(40)34-20-26(32(42)43)33-17-9-13-23-11-5-3-6-12-23)36-31(41)27-16-10-18-37(27)28(38)21-35-29(39)24-14-7-4-8-15-24/h3-8,11-12,14-15,22,25-27,33H,9-10,13,16-21H2,1-2H3,(H,34,40)(H,35,39)(H,36,41)(H,42,43)/t25-,26-,27-/m0/s1. The Bertz CT molecular complexity index is 1220. The molecule has 1 heterocycles. The molecule has 3 atom stereocenters. The second-order valence-corrected chi connectivity index (χ2v) is 11.2. The second kappa shape index (κ2) is 17.0. The van der Waals surface area contributed by atoms with E-state index >= 15 is 0 Å². The Hall–Kier alpha value is -4.25. The molecule has 232 valence electrons. The van der Waals surface area contributed by atoms with Crippen molar-refractivity contribution < 1.29 is 29.1 Å². The van der Waals surface area contributed by atoms with Gasteiger partial charge in [-0.2, -0.15) is 0 Å². The van der Waals surface area contributed by atoms with Crippen molar-refractivity contribution in [2.45, 2.75) is 64.1 Å². The van der Waals surface area contributed by atoms with E-state index in [2.05, 4.69) is 21.3 Å². The minimum Gasteiger partial charge on any atom is -0.480 e. The van der Waals surface area contributed by atoms with Crippen LogP contribution < -0.4 is 21.3 Å². The first-order valence-electron chi connectivity index (χ1n) is 14.9. The van der Waals surface area contributed by atoms with E-state index in [-0.39, 0.29) is 30.8 Å². The van der Waals surface area contributed by atoms with Crippen molar-refractivity contribution in [3.05, 3.63) is 71.8 Å². The molecule has 5 N–H and O–H groups in total. The van der Waals surface area contributed by atoms with Gasteiger partial charge in [0.15, 0.2) is 0 Å². The maximum absolute atomic E-state index is 13.3. The lowest BCUT2D eigenvalue weighted by molar-refractivity contribution is -0.140. The smallest absolute Gasteiger partial charge is 0.322 e. The van der Waals surface area contributed by atoms with Crippen molar-refractivity contribution in [1.82, 2.24) is 26.2 Å². The third-order valence-electron chi connectivity index (χ3n) is 7.31. The first-order valence-corrected chi connectivity index (χ1v) is 14.9. The first kappa shape index (κ1) is 33.3. The molecule has 1 aliphatic heterocycles. The van der Waals surface area contributed by atoms with Gasteiger partial charge in [0.25, 0.3) is 5.91 Å². The summed E-state index contributed by atoms with van der Waals surface area (Å²) in [7, 11) is 0. The van der Waals surface area contributed by atoms with E-state index in [1.54, 1.807) is 30.3 Å². The van der Waals surface area contributed by atoms with Crippen LogP contribution in [0, 0.1) is 5.92 Å². The van der Waals surface area contributed by atoms with Gasteiger partial charge in [0.2, 0.25) is 17.7 Å². The van der Waals surface area contributed by atoms with E-state index in [4.69, 9.17) is 0 Å². The normalized spacial score (nSPS) is 15.9. The fraction of sp³-hybridized carbons (Fsp3) is 0.469. The number of likely N-dealkylation sites (tertiary alicyclic amines) is 1. The van der Waals surface area contributed by atoms with Crippen molar-refractivity contribution >= 4 is 29.6 Å². The van der Waals surface area contributed by atoms with Gasteiger partial charge in [-0.15, -0.1) is 0 Å². The van der Waals surface area contributed by atoms with Crippen LogP contribution in [0.4, 0.5) is 0 Å². The summed E-state index contributed by atoms with van der Waals surface area (Å²) in [4.78, 5) is 64.9. The van der Waals surface area contributed by atoms with Crippen molar-refractivity contribution in [2.24, 2.45) is 5.92 Å². The highest BCUT2D eigenvalue weighted by atomic mass is 16.4. The molecular formula is C32H43N5O6. The topological polar surface area (TPSA) is 157 Å². The summed E-state index contributed by atoms with van der Waals surface area (Å²) in [5, 5.41) is 20.7. The van der Waals surface area contributed by atoms with E-state index in [0.29, 0.717) is 37.9 Å². The van der Waals surface area contributed by atoms with E-state index in [0.717, 1.165) is 18.4 Å². The second-order valence-electron chi connectivity index (χ2n) is 11.2. The average Bonchev–Trinajstić information content (AvgIpc) is 3.50.